The molecule has 1 N–H and O–H groups in total. The molecule has 1 rings (SSSR count). The zero-order chi connectivity index (χ0) is 14.7. The minimum absolute atomic E-state index is 0.427. The highest BCUT2D eigenvalue weighted by molar-refractivity contribution is 4.81. The van der Waals surface area contributed by atoms with E-state index in [4.69, 9.17) is 0 Å². The summed E-state index contributed by atoms with van der Waals surface area (Å²) >= 11 is 0. The topological polar surface area (TPSA) is 12.0 Å². The van der Waals surface area contributed by atoms with E-state index in [0.717, 1.165) is 17.8 Å². The Bertz CT molecular complexity index is 248. The molecule has 0 spiro atoms. The van der Waals surface area contributed by atoms with Gasteiger partial charge < -0.3 is 5.32 Å². The van der Waals surface area contributed by atoms with Crippen molar-refractivity contribution in [2.75, 3.05) is 13.1 Å². The van der Waals surface area contributed by atoms with E-state index in [1.54, 1.807) is 0 Å². The fraction of sp³-hybridized carbons (Fsp3) is 1.00. The minimum atomic E-state index is 0.427. The van der Waals surface area contributed by atoms with Crippen LogP contribution >= 0.6 is 0 Å². The molecule has 114 valence electrons. The highest BCUT2D eigenvalue weighted by atomic mass is 14.9. The first-order valence-electron chi connectivity index (χ1n) is 8.31. The van der Waals surface area contributed by atoms with Crippen molar-refractivity contribution in [3.05, 3.63) is 0 Å². The van der Waals surface area contributed by atoms with Gasteiger partial charge in [0, 0.05) is 0 Å². The van der Waals surface area contributed by atoms with Crippen molar-refractivity contribution in [2.45, 2.75) is 74.1 Å². The van der Waals surface area contributed by atoms with E-state index >= 15 is 0 Å². The van der Waals surface area contributed by atoms with Crippen LogP contribution in [0.5, 0.6) is 0 Å². The highest BCUT2D eigenvalue weighted by Crippen LogP contribution is 2.39. The summed E-state index contributed by atoms with van der Waals surface area (Å²) in [5.41, 5.74) is 0.941. The number of rotatable bonds is 4. The Balaban J connectivity index is 2.20. The monoisotopic (exact) mass is 267 g/mol. The summed E-state index contributed by atoms with van der Waals surface area (Å²) in [5, 5.41) is 3.71. The molecule has 1 saturated carbocycles. The lowest BCUT2D eigenvalue weighted by Gasteiger charge is -2.37. The molecule has 0 saturated heterocycles. The Morgan fingerprint density at radius 1 is 0.947 bits per heavy atom. The standard InChI is InChI=1S/C18H37N/c1-14(17(2,3)4)12-19-13-15-8-10-16(11-9-15)18(5,6)7/h14-16,19H,8-13H2,1-7H3. The SMILES string of the molecule is CC(CNCC1CCC(C(C)(C)C)CC1)C(C)(C)C. The van der Waals surface area contributed by atoms with Crippen LogP contribution in [0.1, 0.15) is 74.1 Å². The van der Waals surface area contributed by atoms with Gasteiger partial charge in [-0.15, -0.1) is 0 Å². The van der Waals surface area contributed by atoms with Crippen LogP contribution in [0, 0.1) is 28.6 Å². The molecule has 0 aromatic rings. The average molecular weight is 268 g/mol. The third-order valence-electron chi connectivity index (χ3n) is 5.43. The summed E-state index contributed by atoms with van der Waals surface area (Å²) in [6.07, 6.45) is 5.73. The molecule has 1 aliphatic rings. The van der Waals surface area contributed by atoms with E-state index in [1.807, 2.05) is 0 Å². The maximum Gasteiger partial charge on any atom is -0.00180 e. The molecule has 1 fully saturated rings. The molecule has 0 aromatic heterocycles. The molecule has 0 amide bonds. The highest BCUT2D eigenvalue weighted by Gasteiger charge is 2.29. The van der Waals surface area contributed by atoms with E-state index in [2.05, 4.69) is 53.8 Å². The second kappa shape index (κ2) is 6.61. The summed E-state index contributed by atoms with van der Waals surface area (Å²) in [6.45, 7) is 19.0. The van der Waals surface area contributed by atoms with Gasteiger partial charge >= 0.3 is 0 Å². The number of hydrogen-bond acceptors (Lipinski definition) is 1. The van der Waals surface area contributed by atoms with Crippen LogP contribution in [-0.2, 0) is 0 Å². The Morgan fingerprint density at radius 2 is 1.47 bits per heavy atom. The Kier molecular flexibility index (Phi) is 5.92. The van der Waals surface area contributed by atoms with Gasteiger partial charge in [0.25, 0.3) is 0 Å². The third kappa shape index (κ3) is 5.85. The lowest BCUT2D eigenvalue weighted by atomic mass is 9.70. The van der Waals surface area contributed by atoms with Crippen molar-refractivity contribution in [3.8, 4) is 0 Å². The van der Waals surface area contributed by atoms with E-state index in [1.165, 1.54) is 38.8 Å². The predicted octanol–water partition coefficient (Wildman–Crippen LogP) is 5.11. The lowest BCUT2D eigenvalue weighted by molar-refractivity contribution is 0.147. The van der Waals surface area contributed by atoms with Crippen LogP contribution in [0.25, 0.3) is 0 Å². The van der Waals surface area contributed by atoms with E-state index in [-0.39, 0.29) is 0 Å². The van der Waals surface area contributed by atoms with Crippen molar-refractivity contribution >= 4 is 0 Å². The maximum atomic E-state index is 3.71. The molecule has 1 nitrogen and oxygen atoms in total. The number of nitrogens with one attached hydrogen (secondary N) is 1. The lowest BCUT2D eigenvalue weighted by Crippen LogP contribution is -2.35. The molecular formula is C18H37N. The zero-order valence-electron chi connectivity index (χ0n) is 14.5. The zero-order valence-corrected chi connectivity index (χ0v) is 14.5. The molecule has 1 unspecified atom stereocenters. The fourth-order valence-electron chi connectivity index (χ4n) is 3.04. The summed E-state index contributed by atoms with van der Waals surface area (Å²) in [4.78, 5) is 0. The smallest absolute Gasteiger partial charge is 0.00180 e. The van der Waals surface area contributed by atoms with E-state index < -0.39 is 0 Å². The van der Waals surface area contributed by atoms with Crippen LogP contribution in [0.2, 0.25) is 0 Å². The fourth-order valence-corrected chi connectivity index (χ4v) is 3.04. The first kappa shape index (κ1) is 17.0. The van der Waals surface area contributed by atoms with Gasteiger partial charge in [-0.25, -0.2) is 0 Å². The maximum absolute atomic E-state index is 3.71. The van der Waals surface area contributed by atoms with E-state index in [0.29, 0.717) is 10.8 Å². The molecule has 1 atom stereocenters. The first-order valence-corrected chi connectivity index (χ1v) is 8.31. The second-order valence-electron chi connectivity index (χ2n) is 9.01. The Labute approximate surface area is 121 Å². The molecular weight excluding hydrogens is 230 g/mol. The van der Waals surface area contributed by atoms with Crippen LogP contribution in [0.4, 0.5) is 0 Å². The van der Waals surface area contributed by atoms with E-state index in [9.17, 15) is 0 Å². The van der Waals surface area contributed by atoms with Crippen LogP contribution in [0.3, 0.4) is 0 Å². The normalized spacial score (nSPS) is 27.3. The van der Waals surface area contributed by atoms with Crippen molar-refractivity contribution in [1.29, 1.82) is 0 Å². The van der Waals surface area contributed by atoms with Gasteiger partial charge in [-0.05, 0) is 67.4 Å². The summed E-state index contributed by atoms with van der Waals surface area (Å²) < 4.78 is 0. The van der Waals surface area contributed by atoms with Crippen LogP contribution in [-0.4, -0.2) is 13.1 Å². The molecule has 0 aromatic carbocycles. The van der Waals surface area contributed by atoms with Gasteiger partial charge in [0.15, 0.2) is 0 Å². The quantitative estimate of drug-likeness (QED) is 0.746. The van der Waals surface area contributed by atoms with Gasteiger partial charge in [-0.3, -0.25) is 0 Å². The van der Waals surface area contributed by atoms with Crippen LogP contribution < -0.4 is 5.32 Å². The Hall–Kier alpha value is -0.0400. The Morgan fingerprint density at radius 3 is 1.89 bits per heavy atom. The van der Waals surface area contributed by atoms with Crippen molar-refractivity contribution in [1.82, 2.24) is 5.32 Å². The van der Waals surface area contributed by atoms with Gasteiger partial charge in [-0.2, -0.15) is 0 Å². The molecule has 0 radical (unpaired) electrons. The average Bonchev–Trinajstić information content (AvgIpc) is 2.27. The summed E-state index contributed by atoms with van der Waals surface area (Å²) in [7, 11) is 0. The molecule has 0 heterocycles. The largest absolute Gasteiger partial charge is 0.316 e. The van der Waals surface area contributed by atoms with Crippen molar-refractivity contribution < 1.29 is 0 Å². The molecule has 0 aliphatic heterocycles. The second-order valence-corrected chi connectivity index (χ2v) is 9.01. The van der Waals surface area contributed by atoms with Crippen molar-refractivity contribution in [2.24, 2.45) is 28.6 Å². The summed E-state index contributed by atoms with van der Waals surface area (Å²) in [6, 6.07) is 0. The molecule has 0 bridgehead atoms. The predicted molar refractivity (Wildman–Crippen MR) is 86.4 cm³/mol. The van der Waals surface area contributed by atoms with Crippen molar-refractivity contribution in [3.63, 3.8) is 0 Å². The van der Waals surface area contributed by atoms with Gasteiger partial charge in [-0.1, -0.05) is 48.5 Å². The molecule has 19 heavy (non-hydrogen) atoms. The van der Waals surface area contributed by atoms with Crippen LogP contribution in [0.15, 0.2) is 0 Å². The van der Waals surface area contributed by atoms with Gasteiger partial charge in [0.05, 0.1) is 0 Å². The summed E-state index contributed by atoms with van der Waals surface area (Å²) in [5.74, 6) is 2.61. The molecule has 1 heteroatoms. The first-order chi connectivity index (χ1) is 8.60. The van der Waals surface area contributed by atoms with Gasteiger partial charge in [0.2, 0.25) is 0 Å². The third-order valence-corrected chi connectivity index (χ3v) is 5.43. The number of hydrogen-bond donors (Lipinski definition) is 1. The molecule has 1 aliphatic carbocycles. The minimum Gasteiger partial charge on any atom is -0.316 e. The van der Waals surface area contributed by atoms with Gasteiger partial charge in [0.1, 0.15) is 0 Å².